The third-order valence-corrected chi connectivity index (χ3v) is 3.17. The number of rotatable bonds is 3. The Hall–Kier alpha value is -1.29. The molecule has 88 valence electrons. The summed E-state index contributed by atoms with van der Waals surface area (Å²) in [6.07, 6.45) is 4.09. The van der Waals surface area contributed by atoms with Gasteiger partial charge in [-0.15, -0.1) is 0 Å². The quantitative estimate of drug-likeness (QED) is 0.811. The number of nitrogens with zero attached hydrogens (tertiary/aromatic N) is 2. The summed E-state index contributed by atoms with van der Waals surface area (Å²) in [4.78, 5) is 6.74. The first kappa shape index (κ1) is 11.2. The van der Waals surface area contributed by atoms with Crippen LogP contribution < -0.4 is 11.1 Å². The molecule has 0 atom stereocenters. The molecule has 0 aliphatic carbocycles. The lowest BCUT2D eigenvalue weighted by Crippen LogP contribution is -2.38. The Labute approximate surface area is 96.8 Å². The molecule has 4 nitrogen and oxygen atoms in total. The summed E-state index contributed by atoms with van der Waals surface area (Å²) < 4.78 is 0. The average Bonchev–Trinajstić information content (AvgIpc) is 2.33. The average molecular weight is 220 g/mol. The van der Waals surface area contributed by atoms with E-state index in [4.69, 9.17) is 5.73 Å². The van der Waals surface area contributed by atoms with E-state index in [1.165, 1.54) is 25.9 Å². The molecular formula is C12H20N4. The number of anilines is 2. The predicted molar refractivity (Wildman–Crippen MR) is 67.4 cm³/mol. The second kappa shape index (κ2) is 5.16. The van der Waals surface area contributed by atoms with Crippen molar-refractivity contribution in [3.05, 3.63) is 18.3 Å². The molecule has 1 aliphatic rings. The van der Waals surface area contributed by atoms with Crippen molar-refractivity contribution >= 4 is 11.5 Å². The van der Waals surface area contributed by atoms with E-state index in [-0.39, 0.29) is 0 Å². The van der Waals surface area contributed by atoms with Crippen LogP contribution in [0.15, 0.2) is 18.3 Å². The molecule has 0 radical (unpaired) electrons. The van der Waals surface area contributed by atoms with Gasteiger partial charge in [-0.2, -0.15) is 0 Å². The molecule has 16 heavy (non-hydrogen) atoms. The number of nitrogens with two attached hydrogens (primary N) is 1. The smallest absolute Gasteiger partial charge is 0.126 e. The lowest BCUT2D eigenvalue weighted by molar-refractivity contribution is 0.229. The maximum Gasteiger partial charge on any atom is 0.126 e. The van der Waals surface area contributed by atoms with Gasteiger partial charge in [0.25, 0.3) is 0 Å². The number of likely N-dealkylation sites (tertiary alicyclic amines) is 1. The Bertz CT molecular complexity index is 314. The molecule has 0 bridgehead atoms. The zero-order chi connectivity index (χ0) is 11.4. The molecular weight excluding hydrogens is 200 g/mol. The van der Waals surface area contributed by atoms with Crippen LogP contribution in [0.25, 0.3) is 0 Å². The van der Waals surface area contributed by atoms with Gasteiger partial charge < -0.3 is 16.0 Å². The normalized spacial score (nSPS) is 18.6. The van der Waals surface area contributed by atoms with Crippen LogP contribution in [-0.4, -0.2) is 35.6 Å². The standard InChI is InChI=1S/C12H20N4/c1-2-16-7-5-11(6-8-16)15-12-4-3-10(13)9-14-12/h3-4,9,11H,2,5-8,13H2,1H3,(H,14,15). The van der Waals surface area contributed by atoms with Crippen molar-refractivity contribution in [2.75, 3.05) is 30.7 Å². The lowest BCUT2D eigenvalue weighted by Gasteiger charge is -2.31. The summed E-state index contributed by atoms with van der Waals surface area (Å²) >= 11 is 0. The van der Waals surface area contributed by atoms with Gasteiger partial charge in [0.05, 0.1) is 11.9 Å². The van der Waals surface area contributed by atoms with Crippen LogP contribution >= 0.6 is 0 Å². The fourth-order valence-corrected chi connectivity index (χ4v) is 2.09. The van der Waals surface area contributed by atoms with Crippen LogP contribution in [-0.2, 0) is 0 Å². The van der Waals surface area contributed by atoms with Crippen molar-refractivity contribution in [2.24, 2.45) is 0 Å². The van der Waals surface area contributed by atoms with Gasteiger partial charge in [-0.25, -0.2) is 4.98 Å². The molecule has 1 saturated heterocycles. The van der Waals surface area contributed by atoms with E-state index in [2.05, 4.69) is 22.1 Å². The summed E-state index contributed by atoms with van der Waals surface area (Å²) in [5.41, 5.74) is 6.31. The second-order valence-electron chi connectivity index (χ2n) is 4.33. The number of aromatic nitrogens is 1. The first-order valence-corrected chi connectivity index (χ1v) is 5.98. The van der Waals surface area contributed by atoms with E-state index in [1.54, 1.807) is 6.20 Å². The molecule has 3 N–H and O–H groups in total. The van der Waals surface area contributed by atoms with E-state index in [0.717, 1.165) is 12.4 Å². The first-order valence-electron chi connectivity index (χ1n) is 5.98. The minimum atomic E-state index is 0.555. The van der Waals surface area contributed by atoms with Crippen molar-refractivity contribution in [1.82, 2.24) is 9.88 Å². The second-order valence-corrected chi connectivity index (χ2v) is 4.33. The minimum Gasteiger partial charge on any atom is -0.397 e. The summed E-state index contributed by atoms with van der Waals surface area (Å²) in [6, 6.07) is 4.39. The van der Waals surface area contributed by atoms with Crippen molar-refractivity contribution in [3.8, 4) is 0 Å². The van der Waals surface area contributed by atoms with E-state index in [0.29, 0.717) is 11.7 Å². The molecule has 0 spiro atoms. The predicted octanol–water partition coefficient (Wildman–Crippen LogP) is 1.56. The Morgan fingerprint density at radius 1 is 1.44 bits per heavy atom. The lowest BCUT2D eigenvalue weighted by atomic mass is 10.1. The van der Waals surface area contributed by atoms with E-state index in [9.17, 15) is 0 Å². The molecule has 2 rings (SSSR count). The third-order valence-electron chi connectivity index (χ3n) is 3.17. The van der Waals surface area contributed by atoms with Crippen LogP contribution in [0.2, 0.25) is 0 Å². The molecule has 0 saturated carbocycles. The van der Waals surface area contributed by atoms with Crippen molar-refractivity contribution in [3.63, 3.8) is 0 Å². The maximum absolute atomic E-state index is 5.60. The molecule has 1 aliphatic heterocycles. The molecule has 0 aromatic carbocycles. The van der Waals surface area contributed by atoms with Crippen molar-refractivity contribution in [2.45, 2.75) is 25.8 Å². The van der Waals surface area contributed by atoms with E-state index >= 15 is 0 Å². The third kappa shape index (κ3) is 2.85. The van der Waals surface area contributed by atoms with Crippen LogP contribution in [0.1, 0.15) is 19.8 Å². The van der Waals surface area contributed by atoms with Gasteiger partial charge in [-0.1, -0.05) is 6.92 Å². The number of hydrogen-bond acceptors (Lipinski definition) is 4. The summed E-state index contributed by atoms with van der Waals surface area (Å²) in [7, 11) is 0. The number of hydrogen-bond donors (Lipinski definition) is 2. The molecule has 1 aromatic rings. The number of nitrogen functional groups attached to an aromatic ring is 1. The van der Waals surface area contributed by atoms with Crippen molar-refractivity contribution < 1.29 is 0 Å². The van der Waals surface area contributed by atoms with Gasteiger partial charge in [0.2, 0.25) is 0 Å². The summed E-state index contributed by atoms with van der Waals surface area (Å²) in [5, 5.41) is 3.46. The van der Waals surface area contributed by atoms with Crippen molar-refractivity contribution in [1.29, 1.82) is 0 Å². The Balaban J connectivity index is 1.84. The highest BCUT2D eigenvalue weighted by molar-refractivity contribution is 5.44. The molecule has 0 amide bonds. The van der Waals surface area contributed by atoms with Crippen LogP contribution in [0.4, 0.5) is 11.5 Å². The monoisotopic (exact) mass is 220 g/mol. The van der Waals surface area contributed by atoms with Gasteiger partial charge in [-0.3, -0.25) is 0 Å². The Morgan fingerprint density at radius 3 is 2.75 bits per heavy atom. The first-order chi connectivity index (χ1) is 7.78. The molecule has 1 fully saturated rings. The van der Waals surface area contributed by atoms with Gasteiger partial charge in [0.1, 0.15) is 5.82 Å². The minimum absolute atomic E-state index is 0.555. The zero-order valence-corrected chi connectivity index (χ0v) is 9.82. The number of piperidine rings is 1. The zero-order valence-electron chi connectivity index (χ0n) is 9.82. The Morgan fingerprint density at radius 2 is 2.19 bits per heavy atom. The van der Waals surface area contributed by atoms with Crippen LogP contribution in [0.5, 0.6) is 0 Å². The summed E-state index contributed by atoms with van der Waals surface area (Å²) in [6.45, 7) is 5.74. The molecule has 2 heterocycles. The Kier molecular flexibility index (Phi) is 3.62. The fraction of sp³-hybridized carbons (Fsp3) is 0.583. The maximum atomic E-state index is 5.60. The highest BCUT2D eigenvalue weighted by Crippen LogP contribution is 2.15. The van der Waals surface area contributed by atoms with Gasteiger partial charge in [0.15, 0.2) is 0 Å². The van der Waals surface area contributed by atoms with Crippen LogP contribution in [0, 0.1) is 0 Å². The highest BCUT2D eigenvalue weighted by Gasteiger charge is 2.17. The molecule has 0 unspecified atom stereocenters. The SMILES string of the molecule is CCN1CCC(Nc2ccc(N)cn2)CC1. The van der Waals surface area contributed by atoms with E-state index in [1.807, 2.05) is 12.1 Å². The summed E-state index contributed by atoms with van der Waals surface area (Å²) in [5.74, 6) is 0.934. The van der Waals surface area contributed by atoms with Gasteiger partial charge in [-0.05, 0) is 31.5 Å². The molecule has 4 heteroatoms. The topological polar surface area (TPSA) is 54.2 Å². The van der Waals surface area contributed by atoms with Gasteiger partial charge in [0, 0.05) is 19.1 Å². The molecule has 1 aromatic heterocycles. The highest BCUT2D eigenvalue weighted by atomic mass is 15.1. The number of pyridine rings is 1. The fourth-order valence-electron chi connectivity index (χ4n) is 2.09. The van der Waals surface area contributed by atoms with Gasteiger partial charge >= 0.3 is 0 Å². The number of nitrogens with one attached hydrogen (secondary N) is 1. The largest absolute Gasteiger partial charge is 0.397 e. The van der Waals surface area contributed by atoms with Crippen LogP contribution in [0.3, 0.4) is 0 Å². The van der Waals surface area contributed by atoms with E-state index < -0.39 is 0 Å².